The van der Waals surface area contributed by atoms with Gasteiger partial charge in [0.05, 0.1) is 28.8 Å². The number of esters is 1. The second kappa shape index (κ2) is 11.1. The summed E-state index contributed by atoms with van der Waals surface area (Å²) in [5.41, 5.74) is 2.67. The highest BCUT2D eigenvalue weighted by atomic mass is 35.5. The van der Waals surface area contributed by atoms with Crippen LogP contribution < -0.4 is 10.2 Å². The number of nitrogens with one attached hydrogen (secondary N) is 1. The van der Waals surface area contributed by atoms with Gasteiger partial charge >= 0.3 is 5.97 Å². The predicted octanol–water partition coefficient (Wildman–Crippen LogP) is 5.26. The number of fused-ring (bicyclic) bond motifs is 1. The van der Waals surface area contributed by atoms with Gasteiger partial charge < -0.3 is 15.0 Å². The number of piperazine rings is 1. The van der Waals surface area contributed by atoms with Crippen molar-refractivity contribution in [2.75, 3.05) is 49.5 Å². The molecule has 0 saturated carbocycles. The summed E-state index contributed by atoms with van der Waals surface area (Å²) in [4.78, 5) is 31.2. The third kappa shape index (κ3) is 5.83. The maximum absolute atomic E-state index is 12.9. The van der Waals surface area contributed by atoms with Gasteiger partial charge in [-0.05, 0) is 56.4 Å². The fourth-order valence-corrected chi connectivity index (χ4v) is 6.05. The standard InChI is InChI=1S/C24H29Cl2N3O3S/c1-2-32-24(31)22-17-6-4-3-5-7-20(17)33-23(22)27-21(30)15-28-10-12-29(13-11-28)16-8-9-18(25)19(26)14-16/h8-9,14H,2-7,10-13,15H2,1H3,(H,27,30). The second-order valence-corrected chi connectivity index (χ2v) is 10.3. The summed E-state index contributed by atoms with van der Waals surface area (Å²) < 4.78 is 5.32. The topological polar surface area (TPSA) is 61.9 Å². The van der Waals surface area contributed by atoms with E-state index in [9.17, 15) is 9.59 Å². The number of nitrogens with zero attached hydrogens (tertiary/aromatic N) is 2. The molecule has 9 heteroatoms. The second-order valence-electron chi connectivity index (χ2n) is 8.40. The normalized spacial score (nSPS) is 16.8. The average molecular weight is 510 g/mol. The first-order chi connectivity index (χ1) is 16.0. The number of hydrogen-bond donors (Lipinski definition) is 1. The van der Waals surface area contributed by atoms with Gasteiger partial charge in [0.15, 0.2) is 0 Å². The van der Waals surface area contributed by atoms with E-state index >= 15 is 0 Å². The maximum atomic E-state index is 12.9. The third-order valence-electron chi connectivity index (χ3n) is 6.16. The Hall–Kier alpha value is -1.80. The van der Waals surface area contributed by atoms with Crippen LogP contribution in [0.1, 0.15) is 47.0 Å². The molecule has 1 fully saturated rings. The lowest BCUT2D eigenvalue weighted by atomic mass is 10.1. The van der Waals surface area contributed by atoms with Crippen molar-refractivity contribution in [3.05, 3.63) is 44.2 Å². The minimum absolute atomic E-state index is 0.0973. The third-order valence-corrected chi connectivity index (χ3v) is 8.11. The van der Waals surface area contributed by atoms with Gasteiger partial charge in [-0.2, -0.15) is 0 Å². The molecule has 2 aliphatic rings. The molecule has 1 aliphatic carbocycles. The fourth-order valence-electron chi connectivity index (χ4n) is 4.47. The van der Waals surface area contributed by atoms with Crippen LogP contribution in [0.3, 0.4) is 0 Å². The molecule has 33 heavy (non-hydrogen) atoms. The maximum Gasteiger partial charge on any atom is 0.341 e. The Morgan fingerprint density at radius 3 is 2.55 bits per heavy atom. The van der Waals surface area contributed by atoms with Gasteiger partial charge in [-0.3, -0.25) is 9.69 Å². The smallest absolute Gasteiger partial charge is 0.341 e. The summed E-state index contributed by atoms with van der Waals surface area (Å²) in [6.07, 6.45) is 5.17. The molecular formula is C24H29Cl2N3O3S. The SMILES string of the molecule is CCOC(=O)c1c(NC(=O)CN2CCN(c3ccc(Cl)c(Cl)c3)CC2)sc2c1CCCCC2. The van der Waals surface area contributed by atoms with Crippen LogP contribution in [0.4, 0.5) is 10.7 Å². The van der Waals surface area contributed by atoms with Crippen LogP contribution in [-0.4, -0.2) is 56.1 Å². The van der Waals surface area contributed by atoms with Crippen LogP contribution in [0.2, 0.25) is 10.0 Å². The average Bonchev–Trinajstić information content (AvgIpc) is 2.96. The molecule has 2 aromatic rings. The zero-order valence-electron chi connectivity index (χ0n) is 18.8. The lowest BCUT2D eigenvalue weighted by Crippen LogP contribution is -2.48. The zero-order valence-corrected chi connectivity index (χ0v) is 21.1. The van der Waals surface area contributed by atoms with Crippen LogP contribution in [0.15, 0.2) is 18.2 Å². The highest BCUT2D eigenvalue weighted by molar-refractivity contribution is 7.17. The van der Waals surface area contributed by atoms with E-state index in [1.807, 2.05) is 18.2 Å². The van der Waals surface area contributed by atoms with Crippen LogP contribution in [0.25, 0.3) is 0 Å². The Kier molecular flexibility index (Phi) is 8.17. The number of anilines is 2. The molecule has 1 saturated heterocycles. The molecule has 4 rings (SSSR count). The van der Waals surface area contributed by atoms with E-state index in [0.717, 1.165) is 63.1 Å². The number of rotatable bonds is 6. The lowest BCUT2D eigenvalue weighted by molar-refractivity contribution is -0.117. The molecule has 178 valence electrons. The fraction of sp³-hybridized carbons (Fsp3) is 0.500. The van der Waals surface area contributed by atoms with Gasteiger partial charge in [-0.25, -0.2) is 4.79 Å². The number of hydrogen-bond acceptors (Lipinski definition) is 6. The number of aryl methyl sites for hydroxylation is 1. The summed E-state index contributed by atoms with van der Waals surface area (Å²) >= 11 is 13.7. The van der Waals surface area contributed by atoms with Crippen molar-refractivity contribution in [3.8, 4) is 0 Å². The van der Waals surface area contributed by atoms with E-state index in [0.29, 0.717) is 33.8 Å². The molecule has 0 bridgehead atoms. The number of amides is 1. The molecule has 1 aromatic heterocycles. The van der Waals surface area contributed by atoms with Crippen molar-refractivity contribution in [3.63, 3.8) is 0 Å². The Morgan fingerprint density at radius 2 is 1.82 bits per heavy atom. The van der Waals surface area contributed by atoms with E-state index in [4.69, 9.17) is 27.9 Å². The van der Waals surface area contributed by atoms with Crippen molar-refractivity contribution in [2.45, 2.75) is 39.0 Å². The molecule has 2 heterocycles. The number of benzene rings is 1. The summed E-state index contributed by atoms with van der Waals surface area (Å²) in [6, 6.07) is 5.65. The molecule has 0 atom stereocenters. The number of carbonyl (C=O) groups excluding carboxylic acids is 2. The van der Waals surface area contributed by atoms with Crippen LogP contribution in [0, 0.1) is 0 Å². The Balaban J connectivity index is 1.38. The summed E-state index contributed by atoms with van der Waals surface area (Å²) in [5, 5.41) is 4.75. The van der Waals surface area contributed by atoms with Crippen molar-refractivity contribution in [2.24, 2.45) is 0 Å². The molecule has 1 aliphatic heterocycles. The quantitative estimate of drug-likeness (QED) is 0.424. The van der Waals surface area contributed by atoms with E-state index in [-0.39, 0.29) is 11.9 Å². The van der Waals surface area contributed by atoms with Gasteiger partial charge in [-0.1, -0.05) is 29.6 Å². The van der Waals surface area contributed by atoms with Crippen molar-refractivity contribution >= 4 is 57.1 Å². The lowest BCUT2D eigenvalue weighted by Gasteiger charge is -2.35. The first-order valence-electron chi connectivity index (χ1n) is 11.5. The highest BCUT2D eigenvalue weighted by Gasteiger charge is 2.27. The van der Waals surface area contributed by atoms with Crippen molar-refractivity contribution in [1.82, 2.24) is 4.90 Å². The monoisotopic (exact) mass is 509 g/mol. The Morgan fingerprint density at radius 1 is 1.06 bits per heavy atom. The van der Waals surface area contributed by atoms with E-state index < -0.39 is 0 Å². The van der Waals surface area contributed by atoms with Crippen LogP contribution in [-0.2, 0) is 22.4 Å². The molecular weight excluding hydrogens is 481 g/mol. The van der Waals surface area contributed by atoms with Gasteiger partial charge in [0.1, 0.15) is 5.00 Å². The molecule has 1 amide bonds. The van der Waals surface area contributed by atoms with Gasteiger partial charge in [-0.15, -0.1) is 11.3 Å². The van der Waals surface area contributed by atoms with Gasteiger partial charge in [0.2, 0.25) is 5.91 Å². The minimum Gasteiger partial charge on any atom is -0.462 e. The van der Waals surface area contributed by atoms with Gasteiger partial charge in [0.25, 0.3) is 0 Å². The largest absolute Gasteiger partial charge is 0.462 e. The molecule has 0 radical (unpaired) electrons. The summed E-state index contributed by atoms with van der Waals surface area (Å²) in [6.45, 7) is 5.54. The van der Waals surface area contributed by atoms with Crippen molar-refractivity contribution in [1.29, 1.82) is 0 Å². The molecule has 1 aromatic carbocycles. The Labute approximate surface area is 208 Å². The predicted molar refractivity (Wildman–Crippen MR) is 135 cm³/mol. The van der Waals surface area contributed by atoms with E-state index in [1.54, 1.807) is 6.92 Å². The number of halogens is 2. The highest BCUT2D eigenvalue weighted by Crippen LogP contribution is 2.38. The number of carbonyl (C=O) groups is 2. The van der Waals surface area contributed by atoms with Crippen LogP contribution >= 0.6 is 34.5 Å². The number of thiophene rings is 1. The zero-order chi connectivity index (χ0) is 23.4. The molecule has 0 spiro atoms. The van der Waals surface area contributed by atoms with E-state index in [2.05, 4.69) is 15.1 Å². The molecule has 1 N–H and O–H groups in total. The molecule has 0 unspecified atom stereocenters. The van der Waals surface area contributed by atoms with Crippen molar-refractivity contribution < 1.29 is 14.3 Å². The first-order valence-corrected chi connectivity index (χ1v) is 13.1. The van der Waals surface area contributed by atoms with Gasteiger partial charge in [0, 0.05) is 36.7 Å². The van der Waals surface area contributed by atoms with Crippen LogP contribution in [0.5, 0.6) is 0 Å². The first kappa shape index (κ1) is 24.3. The summed E-state index contributed by atoms with van der Waals surface area (Å²) in [7, 11) is 0. The number of ether oxygens (including phenoxy) is 1. The van der Waals surface area contributed by atoms with E-state index in [1.165, 1.54) is 22.6 Å². The minimum atomic E-state index is -0.331. The Bertz CT molecular complexity index is 1020. The summed E-state index contributed by atoms with van der Waals surface area (Å²) in [5.74, 6) is -0.428. The molecule has 6 nitrogen and oxygen atoms in total.